The molecule has 0 spiro atoms. The summed E-state index contributed by atoms with van der Waals surface area (Å²) >= 11 is 3.38. The molecule has 17 heavy (non-hydrogen) atoms. The minimum absolute atomic E-state index is 0.357. The maximum Gasteiger partial charge on any atom is 0.316 e. The molecule has 0 aliphatic rings. The topological polar surface area (TPSA) is 61.0 Å². The third-order valence-electron chi connectivity index (χ3n) is 2.18. The third kappa shape index (κ3) is 3.51. The lowest BCUT2D eigenvalue weighted by Crippen LogP contribution is -2.04. The Morgan fingerprint density at radius 1 is 1.18 bits per heavy atom. The largest absolute Gasteiger partial charge is 0.459 e. The summed E-state index contributed by atoms with van der Waals surface area (Å²) in [6.45, 7) is 0.832. The molecule has 88 valence electrons. The highest BCUT2D eigenvalue weighted by Gasteiger charge is 2.00. The first-order chi connectivity index (χ1) is 8.28. The number of halogens is 1. The van der Waals surface area contributed by atoms with Crippen LogP contribution in [-0.2, 0) is 13.2 Å². The molecule has 0 atom stereocenters. The minimum Gasteiger partial charge on any atom is -0.459 e. The van der Waals surface area contributed by atoms with Crippen LogP contribution >= 0.6 is 15.9 Å². The number of aromatic nitrogens is 2. The molecule has 0 aliphatic carbocycles. The maximum atomic E-state index is 5.49. The monoisotopic (exact) mass is 293 g/mol. The maximum absolute atomic E-state index is 5.49. The van der Waals surface area contributed by atoms with Gasteiger partial charge in [0.2, 0.25) is 0 Å². The molecule has 0 bridgehead atoms. The second-order valence-electron chi connectivity index (χ2n) is 3.45. The first-order valence-corrected chi connectivity index (χ1v) is 5.96. The zero-order chi connectivity index (χ0) is 12.1. The van der Waals surface area contributed by atoms with Crippen LogP contribution in [0, 0.1) is 0 Å². The summed E-state index contributed by atoms with van der Waals surface area (Å²) in [6, 6.07) is 10.0. The zero-order valence-electron chi connectivity index (χ0n) is 9.14. The Hall–Kier alpha value is -1.46. The van der Waals surface area contributed by atoms with E-state index in [4.69, 9.17) is 10.5 Å². The molecule has 0 saturated heterocycles. The van der Waals surface area contributed by atoms with Crippen LogP contribution in [0.25, 0.3) is 0 Å². The summed E-state index contributed by atoms with van der Waals surface area (Å²) in [7, 11) is 0. The molecule has 4 nitrogen and oxygen atoms in total. The van der Waals surface area contributed by atoms with E-state index >= 15 is 0 Å². The van der Waals surface area contributed by atoms with Crippen molar-refractivity contribution in [1.82, 2.24) is 9.97 Å². The lowest BCUT2D eigenvalue weighted by atomic mass is 10.2. The van der Waals surface area contributed by atoms with E-state index in [0.29, 0.717) is 19.2 Å². The Morgan fingerprint density at radius 2 is 1.94 bits per heavy atom. The van der Waals surface area contributed by atoms with Gasteiger partial charge in [-0.1, -0.05) is 28.1 Å². The second kappa shape index (κ2) is 5.75. The molecule has 5 heteroatoms. The van der Waals surface area contributed by atoms with Crippen LogP contribution in [-0.4, -0.2) is 9.97 Å². The molecule has 0 unspecified atom stereocenters. The van der Waals surface area contributed by atoms with Crippen molar-refractivity contribution < 1.29 is 4.74 Å². The van der Waals surface area contributed by atoms with Crippen LogP contribution < -0.4 is 10.5 Å². The lowest BCUT2D eigenvalue weighted by Gasteiger charge is -2.05. The molecule has 1 aromatic carbocycles. The summed E-state index contributed by atoms with van der Waals surface area (Å²) in [5, 5.41) is 0. The number of hydrogen-bond donors (Lipinski definition) is 1. The van der Waals surface area contributed by atoms with Crippen LogP contribution in [0.15, 0.2) is 41.0 Å². The second-order valence-corrected chi connectivity index (χ2v) is 4.37. The first kappa shape index (κ1) is 12.0. The van der Waals surface area contributed by atoms with Gasteiger partial charge in [-0.25, -0.2) is 4.98 Å². The summed E-state index contributed by atoms with van der Waals surface area (Å²) in [5.41, 5.74) is 7.33. The average Bonchev–Trinajstić information content (AvgIpc) is 2.38. The minimum atomic E-state index is 0.357. The van der Waals surface area contributed by atoms with Gasteiger partial charge in [0.15, 0.2) is 0 Å². The fourth-order valence-corrected chi connectivity index (χ4v) is 1.55. The Labute approximate surface area is 108 Å². The molecule has 2 aromatic rings. The molecule has 0 amide bonds. The molecule has 1 heterocycles. The van der Waals surface area contributed by atoms with Gasteiger partial charge in [-0.15, -0.1) is 0 Å². The van der Waals surface area contributed by atoms with Gasteiger partial charge in [-0.3, -0.25) is 0 Å². The molecule has 2 N–H and O–H groups in total. The number of rotatable bonds is 4. The smallest absolute Gasteiger partial charge is 0.316 e. The SMILES string of the molecule is NCc1ccnc(OCc2ccc(Br)cc2)n1. The Kier molecular flexibility index (Phi) is 4.06. The predicted molar refractivity (Wildman–Crippen MR) is 68.4 cm³/mol. The summed E-state index contributed by atoms with van der Waals surface area (Å²) in [6.07, 6.45) is 1.64. The number of benzene rings is 1. The fourth-order valence-electron chi connectivity index (χ4n) is 1.29. The fraction of sp³-hybridized carbons (Fsp3) is 0.167. The molecule has 2 rings (SSSR count). The van der Waals surface area contributed by atoms with Crippen LogP contribution in [0.1, 0.15) is 11.3 Å². The van der Waals surface area contributed by atoms with Gasteiger partial charge in [-0.2, -0.15) is 4.98 Å². The highest BCUT2D eigenvalue weighted by molar-refractivity contribution is 9.10. The van der Waals surface area contributed by atoms with Gasteiger partial charge in [0.1, 0.15) is 6.61 Å². The highest BCUT2D eigenvalue weighted by Crippen LogP contribution is 2.12. The van der Waals surface area contributed by atoms with Gasteiger partial charge in [0.05, 0.1) is 5.69 Å². The average molecular weight is 294 g/mol. The summed E-state index contributed by atoms with van der Waals surface area (Å²) < 4.78 is 6.53. The van der Waals surface area contributed by atoms with Crippen molar-refractivity contribution in [2.24, 2.45) is 5.73 Å². The lowest BCUT2D eigenvalue weighted by molar-refractivity contribution is 0.279. The van der Waals surface area contributed by atoms with E-state index in [0.717, 1.165) is 15.7 Å². The number of nitrogens with zero attached hydrogens (tertiary/aromatic N) is 2. The van der Waals surface area contributed by atoms with E-state index in [1.807, 2.05) is 24.3 Å². The van der Waals surface area contributed by atoms with E-state index < -0.39 is 0 Å². The van der Waals surface area contributed by atoms with Gasteiger partial charge >= 0.3 is 6.01 Å². The van der Waals surface area contributed by atoms with E-state index in [-0.39, 0.29) is 0 Å². The Morgan fingerprint density at radius 3 is 2.65 bits per heavy atom. The third-order valence-corrected chi connectivity index (χ3v) is 2.71. The van der Waals surface area contributed by atoms with Crippen molar-refractivity contribution in [3.63, 3.8) is 0 Å². The molecule has 0 fully saturated rings. The normalized spacial score (nSPS) is 10.2. The van der Waals surface area contributed by atoms with Crippen molar-refractivity contribution in [2.75, 3.05) is 0 Å². The van der Waals surface area contributed by atoms with E-state index in [1.165, 1.54) is 0 Å². The standard InChI is InChI=1S/C12H12BrN3O/c13-10-3-1-9(2-4-10)8-17-12-15-6-5-11(7-14)16-12/h1-6H,7-8,14H2. The van der Waals surface area contributed by atoms with Gasteiger partial charge in [0, 0.05) is 17.2 Å². The van der Waals surface area contributed by atoms with E-state index in [9.17, 15) is 0 Å². The Balaban J connectivity index is 1.99. The zero-order valence-corrected chi connectivity index (χ0v) is 10.7. The van der Waals surface area contributed by atoms with Crippen LogP contribution in [0.5, 0.6) is 6.01 Å². The molecule has 0 saturated carbocycles. The number of nitrogens with two attached hydrogens (primary N) is 1. The Bertz CT molecular complexity index is 487. The van der Waals surface area contributed by atoms with Crippen molar-refractivity contribution in [3.05, 3.63) is 52.3 Å². The molecule has 1 aromatic heterocycles. The molecule has 0 radical (unpaired) electrons. The van der Waals surface area contributed by atoms with E-state index in [1.54, 1.807) is 12.3 Å². The summed E-state index contributed by atoms with van der Waals surface area (Å²) in [5.74, 6) is 0. The van der Waals surface area contributed by atoms with Gasteiger partial charge in [-0.05, 0) is 23.8 Å². The predicted octanol–water partition coefficient (Wildman–Crippen LogP) is 2.28. The van der Waals surface area contributed by atoms with Gasteiger partial charge in [0.25, 0.3) is 0 Å². The van der Waals surface area contributed by atoms with Crippen LogP contribution in [0.3, 0.4) is 0 Å². The van der Waals surface area contributed by atoms with Crippen molar-refractivity contribution >= 4 is 15.9 Å². The summed E-state index contributed by atoms with van der Waals surface area (Å²) in [4.78, 5) is 8.18. The molecular formula is C12H12BrN3O. The van der Waals surface area contributed by atoms with Crippen molar-refractivity contribution in [1.29, 1.82) is 0 Å². The molecular weight excluding hydrogens is 282 g/mol. The number of hydrogen-bond acceptors (Lipinski definition) is 4. The number of ether oxygens (including phenoxy) is 1. The first-order valence-electron chi connectivity index (χ1n) is 5.17. The van der Waals surface area contributed by atoms with Crippen LogP contribution in [0.4, 0.5) is 0 Å². The quantitative estimate of drug-likeness (QED) is 0.939. The molecule has 0 aliphatic heterocycles. The van der Waals surface area contributed by atoms with Crippen LogP contribution in [0.2, 0.25) is 0 Å². The van der Waals surface area contributed by atoms with Crippen molar-refractivity contribution in [2.45, 2.75) is 13.2 Å². The van der Waals surface area contributed by atoms with Crippen molar-refractivity contribution in [3.8, 4) is 6.01 Å². The van der Waals surface area contributed by atoms with Gasteiger partial charge < -0.3 is 10.5 Å². The van der Waals surface area contributed by atoms with E-state index in [2.05, 4.69) is 25.9 Å². The highest BCUT2D eigenvalue weighted by atomic mass is 79.9.